The van der Waals surface area contributed by atoms with E-state index in [1.165, 1.54) is 53.1 Å². The SMILES string of the molecule is CC(C)c1cc(F)ccc1N1C(=NC(=O)NC2(c3ccc(-c4ncn(-c5ccc(OC(F)(F)F)cc5)n4)cc3)CC2)SCCC1C. The van der Waals surface area contributed by atoms with Crippen LogP contribution in [0.5, 0.6) is 5.75 Å². The number of benzene rings is 3. The van der Waals surface area contributed by atoms with Gasteiger partial charge in [-0.25, -0.2) is 18.9 Å². The van der Waals surface area contributed by atoms with Crippen LogP contribution in [0.15, 0.2) is 78.0 Å². The molecule has 1 N–H and O–H groups in total. The molecule has 0 radical (unpaired) electrons. The summed E-state index contributed by atoms with van der Waals surface area (Å²) in [6.45, 7) is 6.13. The van der Waals surface area contributed by atoms with E-state index >= 15 is 0 Å². The molecule has 46 heavy (non-hydrogen) atoms. The third-order valence-electron chi connectivity index (χ3n) is 8.10. The number of nitrogens with zero attached hydrogens (tertiary/aromatic N) is 5. The quantitative estimate of drug-likeness (QED) is 0.203. The number of aromatic nitrogens is 3. The molecule has 2 amide bonds. The maximum atomic E-state index is 14.1. The van der Waals surface area contributed by atoms with Crippen molar-refractivity contribution >= 4 is 28.6 Å². The van der Waals surface area contributed by atoms with Crippen LogP contribution in [0.4, 0.5) is 28.0 Å². The van der Waals surface area contributed by atoms with Crippen molar-refractivity contribution in [1.29, 1.82) is 0 Å². The lowest BCUT2D eigenvalue weighted by atomic mass is 9.99. The number of halogens is 4. The highest BCUT2D eigenvalue weighted by Crippen LogP contribution is 2.46. The number of alkyl halides is 3. The van der Waals surface area contributed by atoms with Gasteiger partial charge in [-0.3, -0.25) is 0 Å². The smallest absolute Gasteiger partial charge is 0.406 e. The Morgan fingerprint density at radius 1 is 1.09 bits per heavy atom. The van der Waals surface area contributed by atoms with Crippen molar-refractivity contribution in [3.8, 4) is 22.8 Å². The number of aliphatic imine (C=N–C) groups is 1. The minimum absolute atomic E-state index is 0.0925. The second-order valence-corrected chi connectivity index (χ2v) is 12.8. The molecule has 1 unspecified atom stereocenters. The fourth-order valence-corrected chi connectivity index (χ4v) is 6.74. The fraction of sp³-hybridized carbons (Fsp3) is 0.333. The predicted molar refractivity (Wildman–Crippen MR) is 170 cm³/mol. The first kappa shape index (κ1) is 31.6. The molecular formula is C33H32F4N6O2S. The summed E-state index contributed by atoms with van der Waals surface area (Å²) >= 11 is 1.52. The first-order chi connectivity index (χ1) is 21.9. The molecule has 0 bridgehead atoms. The molecule has 2 aliphatic rings. The Kier molecular flexibility index (Phi) is 8.53. The second-order valence-electron chi connectivity index (χ2n) is 11.8. The van der Waals surface area contributed by atoms with Crippen LogP contribution in [0.1, 0.15) is 57.1 Å². The summed E-state index contributed by atoms with van der Waals surface area (Å²) in [6, 6.07) is 17.4. The van der Waals surface area contributed by atoms with Crippen LogP contribution in [-0.4, -0.2) is 44.1 Å². The maximum Gasteiger partial charge on any atom is 0.573 e. The van der Waals surface area contributed by atoms with Crippen LogP contribution in [0.3, 0.4) is 0 Å². The van der Waals surface area contributed by atoms with E-state index in [-0.39, 0.29) is 23.5 Å². The van der Waals surface area contributed by atoms with Gasteiger partial charge in [0.25, 0.3) is 0 Å². The average Bonchev–Trinajstić information content (AvgIpc) is 3.61. The van der Waals surface area contributed by atoms with Crippen molar-refractivity contribution in [2.45, 2.75) is 63.9 Å². The van der Waals surface area contributed by atoms with E-state index in [2.05, 4.69) is 32.1 Å². The normalized spacial score (nSPS) is 18.6. The first-order valence-corrected chi connectivity index (χ1v) is 15.9. The van der Waals surface area contributed by atoms with Gasteiger partial charge in [0.15, 0.2) is 11.0 Å². The Morgan fingerprint density at radius 2 is 1.80 bits per heavy atom. The number of nitrogens with one attached hydrogen (secondary N) is 1. The minimum atomic E-state index is -4.76. The molecule has 3 aromatic carbocycles. The Hall–Kier alpha value is -4.39. The molecule has 1 aliphatic carbocycles. The first-order valence-electron chi connectivity index (χ1n) is 14.9. The zero-order valence-corrected chi connectivity index (χ0v) is 26.2. The standard InChI is InChI=1S/C33H32F4N6O2S/c1-20(2)27-18-24(34)8-13-28(27)43-21(3)14-17-46-31(43)39-30(44)40-32(15-16-32)23-6-4-22(5-7-23)29-38-19-42(41-29)25-9-11-26(12-10-25)45-33(35,36)37/h4-13,18-21H,14-17H2,1-3H3,(H,40,44). The number of anilines is 1. The Bertz CT molecular complexity index is 1750. The number of urea groups is 1. The van der Waals surface area contributed by atoms with Gasteiger partial charge in [0.1, 0.15) is 17.9 Å². The maximum absolute atomic E-state index is 14.1. The average molecular weight is 653 g/mol. The van der Waals surface area contributed by atoms with E-state index in [4.69, 9.17) is 0 Å². The largest absolute Gasteiger partial charge is 0.573 e. The molecule has 4 aromatic rings. The summed E-state index contributed by atoms with van der Waals surface area (Å²) in [5.41, 5.74) is 3.41. The number of carbonyl (C=O) groups is 1. The lowest BCUT2D eigenvalue weighted by Gasteiger charge is -2.37. The number of amidine groups is 1. The van der Waals surface area contributed by atoms with Crippen LogP contribution < -0.4 is 15.0 Å². The third kappa shape index (κ3) is 6.88. The molecule has 1 saturated carbocycles. The molecule has 13 heteroatoms. The zero-order chi connectivity index (χ0) is 32.6. The topological polar surface area (TPSA) is 84.6 Å². The number of rotatable bonds is 7. The molecule has 6 rings (SSSR count). The van der Waals surface area contributed by atoms with Gasteiger partial charge in [-0.05, 0) is 85.7 Å². The van der Waals surface area contributed by atoms with Crippen LogP contribution >= 0.6 is 11.8 Å². The number of carbonyl (C=O) groups excluding carboxylic acids is 1. The number of ether oxygens (including phenoxy) is 1. The molecule has 0 spiro atoms. The predicted octanol–water partition coefficient (Wildman–Crippen LogP) is 8.18. The van der Waals surface area contributed by atoms with Gasteiger partial charge >= 0.3 is 12.4 Å². The van der Waals surface area contributed by atoms with Gasteiger partial charge in [0.05, 0.1) is 11.2 Å². The lowest BCUT2D eigenvalue weighted by Crippen LogP contribution is -2.43. The van der Waals surface area contributed by atoms with E-state index in [0.29, 0.717) is 16.7 Å². The Morgan fingerprint density at radius 3 is 2.46 bits per heavy atom. The van der Waals surface area contributed by atoms with Crippen LogP contribution in [0.2, 0.25) is 0 Å². The van der Waals surface area contributed by atoms with E-state index < -0.39 is 17.9 Å². The van der Waals surface area contributed by atoms with E-state index in [1.54, 1.807) is 12.1 Å². The monoisotopic (exact) mass is 652 g/mol. The fourth-order valence-electron chi connectivity index (χ4n) is 5.53. The molecule has 1 aromatic heterocycles. The van der Waals surface area contributed by atoms with Gasteiger partial charge in [-0.2, -0.15) is 4.99 Å². The van der Waals surface area contributed by atoms with Crippen molar-refractivity contribution < 1.29 is 27.1 Å². The van der Waals surface area contributed by atoms with Crippen molar-refractivity contribution in [2.24, 2.45) is 4.99 Å². The summed E-state index contributed by atoms with van der Waals surface area (Å²) < 4.78 is 56.9. The summed E-state index contributed by atoms with van der Waals surface area (Å²) in [4.78, 5) is 24.2. The zero-order valence-electron chi connectivity index (χ0n) is 25.4. The Balaban J connectivity index is 1.16. The van der Waals surface area contributed by atoms with Crippen molar-refractivity contribution in [3.63, 3.8) is 0 Å². The number of hydrogen-bond acceptors (Lipinski definition) is 5. The van der Waals surface area contributed by atoms with Crippen molar-refractivity contribution in [3.05, 3.63) is 90.0 Å². The van der Waals surface area contributed by atoms with Gasteiger partial charge in [-0.15, -0.1) is 18.3 Å². The molecule has 2 fully saturated rings. The molecular weight excluding hydrogens is 620 g/mol. The summed E-state index contributed by atoms with van der Waals surface area (Å²) in [6.07, 6.45) is -0.832. The van der Waals surface area contributed by atoms with E-state index in [0.717, 1.165) is 47.4 Å². The van der Waals surface area contributed by atoms with Gasteiger partial charge in [0, 0.05) is 23.0 Å². The van der Waals surface area contributed by atoms with E-state index in [1.807, 2.05) is 43.0 Å². The molecule has 1 aliphatic heterocycles. The van der Waals surface area contributed by atoms with Crippen molar-refractivity contribution in [2.75, 3.05) is 10.7 Å². The highest BCUT2D eigenvalue weighted by Gasteiger charge is 2.46. The molecule has 8 nitrogen and oxygen atoms in total. The lowest BCUT2D eigenvalue weighted by molar-refractivity contribution is -0.274. The molecule has 2 heterocycles. The summed E-state index contributed by atoms with van der Waals surface area (Å²) in [5.74, 6) is 0.746. The number of thioether (sulfide) groups is 1. The minimum Gasteiger partial charge on any atom is -0.406 e. The summed E-state index contributed by atoms with van der Waals surface area (Å²) in [5, 5.41) is 8.19. The van der Waals surface area contributed by atoms with Gasteiger partial charge < -0.3 is 15.0 Å². The molecule has 1 saturated heterocycles. The van der Waals surface area contributed by atoms with Crippen LogP contribution in [0.25, 0.3) is 17.1 Å². The van der Waals surface area contributed by atoms with Crippen LogP contribution in [-0.2, 0) is 5.54 Å². The highest BCUT2D eigenvalue weighted by molar-refractivity contribution is 8.14. The summed E-state index contributed by atoms with van der Waals surface area (Å²) in [7, 11) is 0. The molecule has 1 atom stereocenters. The number of hydrogen-bond donors (Lipinski definition) is 1. The van der Waals surface area contributed by atoms with E-state index in [9.17, 15) is 22.4 Å². The van der Waals surface area contributed by atoms with Crippen molar-refractivity contribution in [1.82, 2.24) is 20.1 Å². The highest BCUT2D eigenvalue weighted by atomic mass is 32.2. The molecule has 240 valence electrons. The van der Waals surface area contributed by atoms with Gasteiger partial charge in [0.2, 0.25) is 0 Å². The number of amides is 2. The Labute approximate surface area is 267 Å². The van der Waals surface area contributed by atoms with Gasteiger partial charge in [-0.1, -0.05) is 49.9 Å². The second kappa shape index (κ2) is 12.4. The van der Waals surface area contributed by atoms with Crippen LogP contribution in [0, 0.1) is 5.82 Å². The third-order valence-corrected chi connectivity index (χ3v) is 9.09.